The van der Waals surface area contributed by atoms with Crippen LogP contribution >= 0.6 is 15.9 Å². The number of nitrogens with zero attached hydrogens (tertiary/aromatic N) is 2. The molecule has 0 aliphatic heterocycles. The summed E-state index contributed by atoms with van der Waals surface area (Å²) in [5.41, 5.74) is 1.30. The van der Waals surface area contributed by atoms with Gasteiger partial charge in [-0.2, -0.15) is 0 Å². The molecule has 2 aromatic rings. The number of para-hydroxylation sites is 1. The minimum atomic E-state index is 1.01. The average molecular weight is 324 g/mol. The van der Waals surface area contributed by atoms with Crippen LogP contribution < -0.4 is 5.32 Å². The number of aromatic nitrogens is 1. The molecule has 0 unspecified atom stereocenters. The van der Waals surface area contributed by atoms with Crippen LogP contribution in [-0.4, -0.2) is 43.2 Å². The van der Waals surface area contributed by atoms with Crippen molar-refractivity contribution in [3.63, 3.8) is 0 Å². The van der Waals surface area contributed by atoms with Crippen LogP contribution in [0.3, 0.4) is 0 Å². The summed E-state index contributed by atoms with van der Waals surface area (Å²) in [7, 11) is 4.23. The van der Waals surface area contributed by atoms with Gasteiger partial charge in [0.2, 0.25) is 0 Å². The second-order valence-corrected chi connectivity index (χ2v) is 5.95. The van der Waals surface area contributed by atoms with E-state index in [0.717, 1.165) is 26.2 Å². The molecule has 1 aromatic carbocycles. The lowest BCUT2D eigenvalue weighted by atomic mass is 10.2. The Balaban J connectivity index is 1.82. The van der Waals surface area contributed by atoms with Crippen molar-refractivity contribution in [1.29, 1.82) is 0 Å². The lowest BCUT2D eigenvalue weighted by Crippen LogP contribution is -2.24. The molecule has 104 valence electrons. The van der Waals surface area contributed by atoms with Crippen LogP contribution in [0, 0.1) is 0 Å². The summed E-state index contributed by atoms with van der Waals surface area (Å²) in [6.45, 7) is 4.25. The van der Waals surface area contributed by atoms with Crippen LogP contribution in [0.25, 0.3) is 10.9 Å². The van der Waals surface area contributed by atoms with Crippen LogP contribution in [-0.2, 0) is 6.54 Å². The number of rotatable bonds is 7. The van der Waals surface area contributed by atoms with Gasteiger partial charge in [-0.05, 0) is 55.6 Å². The second kappa shape index (κ2) is 7.08. The summed E-state index contributed by atoms with van der Waals surface area (Å²) in [5.74, 6) is 0. The third-order valence-corrected chi connectivity index (χ3v) is 3.86. The van der Waals surface area contributed by atoms with E-state index < -0.39 is 0 Å². The highest BCUT2D eigenvalue weighted by Crippen LogP contribution is 2.25. The van der Waals surface area contributed by atoms with E-state index in [1.165, 1.54) is 21.8 Å². The Morgan fingerprint density at radius 3 is 2.79 bits per heavy atom. The maximum absolute atomic E-state index is 3.62. The predicted molar refractivity (Wildman–Crippen MR) is 85.7 cm³/mol. The lowest BCUT2D eigenvalue weighted by Gasteiger charge is -2.10. The molecule has 19 heavy (non-hydrogen) atoms. The molecule has 4 heteroatoms. The molecule has 0 amide bonds. The van der Waals surface area contributed by atoms with E-state index in [1.54, 1.807) is 0 Å². The van der Waals surface area contributed by atoms with E-state index >= 15 is 0 Å². The minimum absolute atomic E-state index is 1.01. The Labute approximate surface area is 123 Å². The van der Waals surface area contributed by atoms with Gasteiger partial charge in [-0.15, -0.1) is 0 Å². The first-order chi connectivity index (χ1) is 9.18. The summed E-state index contributed by atoms with van der Waals surface area (Å²) >= 11 is 3.62. The molecule has 0 radical (unpaired) electrons. The van der Waals surface area contributed by atoms with Crippen molar-refractivity contribution < 1.29 is 0 Å². The fraction of sp³-hybridized carbons (Fsp3) is 0.467. The van der Waals surface area contributed by atoms with Gasteiger partial charge in [-0.1, -0.05) is 18.2 Å². The number of halogens is 1. The summed E-state index contributed by atoms with van der Waals surface area (Å²) in [4.78, 5) is 2.22. The van der Waals surface area contributed by atoms with Crippen LogP contribution in [0.15, 0.2) is 34.9 Å². The predicted octanol–water partition coefficient (Wildman–Crippen LogP) is 2.95. The van der Waals surface area contributed by atoms with Crippen molar-refractivity contribution in [1.82, 2.24) is 14.8 Å². The largest absolute Gasteiger partial charge is 0.345 e. The normalized spacial score (nSPS) is 11.6. The fourth-order valence-electron chi connectivity index (χ4n) is 2.23. The number of hydrogen-bond acceptors (Lipinski definition) is 2. The van der Waals surface area contributed by atoms with Crippen molar-refractivity contribution >= 4 is 26.8 Å². The first kappa shape index (κ1) is 14.6. The SMILES string of the molecule is CN(C)CCCNCCn1cc(Br)c2ccccc21. The molecule has 0 spiro atoms. The number of nitrogens with one attached hydrogen (secondary N) is 1. The van der Waals surface area contributed by atoms with Crippen molar-refractivity contribution in [2.24, 2.45) is 0 Å². The summed E-state index contributed by atoms with van der Waals surface area (Å²) in [6.07, 6.45) is 3.37. The van der Waals surface area contributed by atoms with Crippen molar-refractivity contribution in [3.05, 3.63) is 34.9 Å². The highest BCUT2D eigenvalue weighted by atomic mass is 79.9. The van der Waals surface area contributed by atoms with Gasteiger partial charge in [0.05, 0.1) is 0 Å². The molecule has 0 aliphatic carbocycles. The smallest absolute Gasteiger partial charge is 0.0492 e. The van der Waals surface area contributed by atoms with Crippen LogP contribution in [0.4, 0.5) is 0 Å². The zero-order chi connectivity index (χ0) is 13.7. The molecule has 2 rings (SSSR count). The number of hydrogen-bond donors (Lipinski definition) is 1. The topological polar surface area (TPSA) is 20.2 Å². The summed E-state index contributed by atoms with van der Waals surface area (Å²) in [5, 5.41) is 4.79. The molecule has 1 heterocycles. The second-order valence-electron chi connectivity index (χ2n) is 5.09. The van der Waals surface area contributed by atoms with E-state index in [0.29, 0.717) is 0 Å². The quantitative estimate of drug-likeness (QED) is 0.790. The van der Waals surface area contributed by atoms with Gasteiger partial charge in [0.15, 0.2) is 0 Å². The molecular weight excluding hydrogens is 302 g/mol. The monoisotopic (exact) mass is 323 g/mol. The molecular formula is C15H22BrN3. The fourth-order valence-corrected chi connectivity index (χ4v) is 2.81. The van der Waals surface area contributed by atoms with Gasteiger partial charge in [0.25, 0.3) is 0 Å². The zero-order valence-electron chi connectivity index (χ0n) is 11.7. The molecule has 1 N–H and O–H groups in total. The van der Waals surface area contributed by atoms with Gasteiger partial charge in [-0.25, -0.2) is 0 Å². The molecule has 0 saturated carbocycles. The standard InChI is InChI=1S/C15H22BrN3/c1-18(2)10-5-8-17-9-11-19-12-14(16)13-6-3-4-7-15(13)19/h3-4,6-7,12,17H,5,8-11H2,1-2H3. The maximum atomic E-state index is 3.62. The molecule has 3 nitrogen and oxygen atoms in total. The van der Waals surface area contributed by atoms with Crippen LogP contribution in [0.1, 0.15) is 6.42 Å². The average Bonchev–Trinajstić information content (AvgIpc) is 2.71. The summed E-state index contributed by atoms with van der Waals surface area (Å²) in [6, 6.07) is 8.50. The Morgan fingerprint density at radius 2 is 2.00 bits per heavy atom. The van der Waals surface area contributed by atoms with E-state index in [1.807, 2.05) is 0 Å². The first-order valence-electron chi connectivity index (χ1n) is 6.77. The third-order valence-electron chi connectivity index (χ3n) is 3.23. The van der Waals surface area contributed by atoms with Gasteiger partial charge < -0.3 is 14.8 Å². The Bertz CT molecular complexity index is 519. The van der Waals surface area contributed by atoms with E-state index in [4.69, 9.17) is 0 Å². The molecule has 1 aromatic heterocycles. The Morgan fingerprint density at radius 1 is 1.21 bits per heavy atom. The van der Waals surface area contributed by atoms with Crippen molar-refractivity contribution in [3.8, 4) is 0 Å². The van der Waals surface area contributed by atoms with Gasteiger partial charge in [0.1, 0.15) is 0 Å². The molecule has 0 atom stereocenters. The molecule has 0 fully saturated rings. The van der Waals surface area contributed by atoms with Gasteiger partial charge in [0, 0.05) is 34.7 Å². The highest BCUT2D eigenvalue weighted by Gasteiger charge is 2.04. The van der Waals surface area contributed by atoms with Crippen LogP contribution in [0.5, 0.6) is 0 Å². The zero-order valence-corrected chi connectivity index (χ0v) is 13.3. The Kier molecular flexibility index (Phi) is 5.43. The lowest BCUT2D eigenvalue weighted by molar-refractivity contribution is 0.393. The number of fused-ring (bicyclic) bond motifs is 1. The van der Waals surface area contributed by atoms with Crippen molar-refractivity contribution in [2.75, 3.05) is 33.7 Å². The van der Waals surface area contributed by atoms with E-state index in [2.05, 4.69) is 75.3 Å². The van der Waals surface area contributed by atoms with Crippen LogP contribution in [0.2, 0.25) is 0 Å². The first-order valence-corrected chi connectivity index (χ1v) is 7.56. The highest BCUT2D eigenvalue weighted by molar-refractivity contribution is 9.10. The van der Waals surface area contributed by atoms with E-state index in [-0.39, 0.29) is 0 Å². The third kappa shape index (κ3) is 4.06. The molecule has 0 bridgehead atoms. The molecule has 0 saturated heterocycles. The minimum Gasteiger partial charge on any atom is -0.345 e. The Hall–Kier alpha value is -0.840. The molecule has 0 aliphatic rings. The van der Waals surface area contributed by atoms with Gasteiger partial charge >= 0.3 is 0 Å². The maximum Gasteiger partial charge on any atom is 0.0492 e. The van der Waals surface area contributed by atoms with Gasteiger partial charge in [-0.3, -0.25) is 0 Å². The summed E-state index contributed by atoms with van der Waals surface area (Å²) < 4.78 is 3.48. The number of benzene rings is 1. The van der Waals surface area contributed by atoms with E-state index in [9.17, 15) is 0 Å². The van der Waals surface area contributed by atoms with Crippen molar-refractivity contribution in [2.45, 2.75) is 13.0 Å².